The first-order chi connectivity index (χ1) is 12.2. The van der Waals surface area contributed by atoms with Crippen LogP contribution in [-0.4, -0.2) is 27.4 Å². The van der Waals surface area contributed by atoms with Gasteiger partial charge in [0.1, 0.15) is 6.61 Å². The van der Waals surface area contributed by atoms with E-state index in [2.05, 4.69) is 21.0 Å². The Morgan fingerprint density at radius 3 is 2.56 bits per heavy atom. The SMILES string of the molecule is COc1cc(CNn2nnnc2N)ccc1OCc1ccc(Cl)cc1. The lowest BCUT2D eigenvalue weighted by molar-refractivity contribution is 0.284. The summed E-state index contributed by atoms with van der Waals surface area (Å²) in [4.78, 5) is 1.30. The van der Waals surface area contributed by atoms with Crippen LogP contribution in [0.3, 0.4) is 0 Å². The highest BCUT2D eigenvalue weighted by molar-refractivity contribution is 6.30. The maximum Gasteiger partial charge on any atom is 0.260 e. The van der Waals surface area contributed by atoms with Crippen LogP contribution in [0.4, 0.5) is 5.95 Å². The Balaban J connectivity index is 1.64. The summed E-state index contributed by atoms with van der Waals surface area (Å²) in [6.07, 6.45) is 0. The second kappa shape index (κ2) is 7.71. The largest absolute Gasteiger partial charge is 0.493 e. The number of nitrogens with one attached hydrogen (secondary N) is 1. The third-order valence-corrected chi connectivity index (χ3v) is 3.71. The topological polar surface area (TPSA) is 100 Å². The number of nitrogens with two attached hydrogens (primary N) is 1. The molecule has 0 aliphatic heterocycles. The van der Waals surface area contributed by atoms with Crippen LogP contribution in [0.5, 0.6) is 11.5 Å². The van der Waals surface area contributed by atoms with Gasteiger partial charge in [-0.1, -0.05) is 34.9 Å². The van der Waals surface area contributed by atoms with Crippen molar-refractivity contribution >= 4 is 17.5 Å². The first-order valence-electron chi connectivity index (χ1n) is 7.47. The van der Waals surface area contributed by atoms with Gasteiger partial charge in [0, 0.05) is 5.02 Å². The molecule has 1 aromatic heterocycles. The molecule has 0 saturated carbocycles. The zero-order chi connectivity index (χ0) is 17.6. The number of hydrogen-bond acceptors (Lipinski definition) is 7. The molecule has 0 aliphatic carbocycles. The molecule has 0 amide bonds. The van der Waals surface area contributed by atoms with Crippen molar-refractivity contribution in [3.05, 3.63) is 58.6 Å². The molecule has 0 spiro atoms. The molecule has 25 heavy (non-hydrogen) atoms. The smallest absolute Gasteiger partial charge is 0.260 e. The van der Waals surface area contributed by atoms with Crippen molar-refractivity contribution in [1.82, 2.24) is 20.3 Å². The van der Waals surface area contributed by atoms with Crippen LogP contribution >= 0.6 is 11.6 Å². The van der Waals surface area contributed by atoms with Crippen molar-refractivity contribution in [3.63, 3.8) is 0 Å². The maximum absolute atomic E-state index is 5.88. The molecule has 130 valence electrons. The zero-order valence-electron chi connectivity index (χ0n) is 13.5. The van der Waals surface area contributed by atoms with Crippen LogP contribution < -0.4 is 20.6 Å². The molecule has 0 aliphatic rings. The summed E-state index contributed by atoms with van der Waals surface area (Å²) >= 11 is 5.88. The first kappa shape index (κ1) is 16.8. The fourth-order valence-corrected chi connectivity index (χ4v) is 2.28. The quantitative estimate of drug-likeness (QED) is 0.666. The van der Waals surface area contributed by atoms with Gasteiger partial charge in [-0.2, -0.15) is 0 Å². The van der Waals surface area contributed by atoms with E-state index in [9.17, 15) is 0 Å². The van der Waals surface area contributed by atoms with Crippen molar-refractivity contribution in [2.24, 2.45) is 0 Å². The molecule has 0 radical (unpaired) electrons. The predicted octanol–water partition coefficient (Wildman–Crippen LogP) is 2.24. The Labute approximate surface area is 149 Å². The van der Waals surface area contributed by atoms with Gasteiger partial charge in [-0.3, -0.25) is 0 Å². The fourth-order valence-electron chi connectivity index (χ4n) is 2.16. The number of nitrogens with zero attached hydrogens (tertiary/aromatic N) is 4. The third kappa shape index (κ3) is 4.30. The molecule has 0 saturated heterocycles. The molecule has 0 unspecified atom stereocenters. The van der Waals surface area contributed by atoms with E-state index >= 15 is 0 Å². The lowest BCUT2D eigenvalue weighted by Gasteiger charge is -2.13. The van der Waals surface area contributed by atoms with E-state index in [4.69, 9.17) is 26.8 Å². The Morgan fingerprint density at radius 1 is 1.12 bits per heavy atom. The van der Waals surface area contributed by atoms with E-state index in [1.807, 2.05) is 42.5 Å². The van der Waals surface area contributed by atoms with Crippen molar-refractivity contribution in [2.45, 2.75) is 13.2 Å². The van der Waals surface area contributed by atoms with Gasteiger partial charge in [0.25, 0.3) is 5.95 Å². The Kier molecular flexibility index (Phi) is 5.20. The van der Waals surface area contributed by atoms with Crippen LogP contribution in [0.15, 0.2) is 42.5 Å². The summed E-state index contributed by atoms with van der Waals surface area (Å²) < 4.78 is 11.2. The molecule has 2 aromatic carbocycles. The van der Waals surface area contributed by atoms with Gasteiger partial charge < -0.3 is 20.6 Å². The molecule has 0 fully saturated rings. The highest BCUT2D eigenvalue weighted by Crippen LogP contribution is 2.29. The van der Waals surface area contributed by atoms with Crippen molar-refractivity contribution in [3.8, 4) is 11.5 Å². The van der Waals surface area contributed by atoms with Gasteiger partial charge in [-0.25, -0.2) is 0 Å². The zero-order valence-corrected chi connectivity index (χ0v) is 14.3. The average molecular weight is 361 g/mol. The molecular weight excluding hydrogens is 344 g/mol. The first-order valence-corrected chi connectivity index (χ1v) is 7.85. The van der Waals surface area contributed by atoms with Crippen LogP contribution in [0.1, 0.15) is 11.1 Å². The Bertz CT molecular complexity index is 837. The molecule has 9 heteroatoms. The summed E-state index contributed by atoms with van der Waals surface area (Å²) in [7, 11) is 1.60. The summed E-state index contributed by atoms with van der Waals surface area (Å²) in [6, 6.07) is 13.2. The van der Waals surface area contributed by atoms with Crippen LogP contribution in [0.25, 0.3) is 0 Å². The summed E-state index contributed by atoms with van der Waals surface area (Å²) in [5, 5.41) is 11.5. The summed E-state index contributed by atoms with van der Waals surface area (Å²) in [5.74, 6) is 1.48. The van der Waals surface area contributed by atoms with Gasteiger partial charge in [-0.05, 0) is 45.8 Å². The minimum absolute atomic E-state index is 0.190. The van der Waals surface area contributed by atoms with Gasteiger partial charge in [-0.15, -0.1) is 4.79 Å². The Morgan fingerprint density at radius 2 is 1.88 bits per heavy atom. The van der Waals surface area contributed by atoms with Crippen molar-refractivity contribution in [1.29, 1.82) is 0 Å². The number of nitrogen functional groups attached to an aromatic ring is 1. The van der Waals surface area contributed by atoms with Crippen molar-refractivity contribution in [2.75, 3.05) is 18.3 Å². The van der Waals surface area contributed by atoms with E-state index in [-0.39, 0.29) is 5.95 Å². The third-order valence-electron chi connectivity index (χ3n) is 3.46. The van der Waals surface area contributed by atoms with Gasteiger partial charge in [0.05, 0.1) is 13.7 Å². The number of aromatic nitrogens is 4. The summed E-state index contributed by atoms with van der Waals surface area (Å²) in [5.41, 5.74) is 10.6. The number of hydrogen-bond donors (Lipinski definition) is 2. The second-order valence-corrected chi connectivity index (χ2v) is 5.62. The van der Waals surface area contributed by atoms with Gasteiger partial charge in [0.15, 0.2) is 11.5 Å². The maximum atomic E-state index is 5.88. The van der Waals surface area contributed by atoms with Crippen molar-refractivity contribution < 1.29 is 9.47 Å². The van der Waals surface area contributed by atoms with Crippen LogP contribution in [0.2, 0.25) is 5.02 Å². The minimum atomic E-state index is 0.190. The molecular formula is C16H17ClN6O2. The van der Waals surface area contributed by atoms with Crippen LogP contribution in [-0.2, 0) is 13.2 Å². The highest BCUT2D eigenvalue weighted by Gasteiger charge is 2.07. The van der Waals surface area contributed by atoms with E-state index in [0.29, 0.717) is 29.7 Å². The Hall–Kier alpha value is -3.00. The lowest BCUT2D eigenvalue weighted by atomic mass is 10.2. The monoisotopic (exact) mass is 360 g/mol. The average Bonchev–Trinajstić information content (AvgIpc) is 3.04. The standard InChI is InChI=1S/C16H17ClN6O2/c1-24-15-8-12(9-19-23-16(18)20-21-22-23)4-7-14(15)25-10-11-2-5-13(17)6-3-11/h2-8,19H,9-10H2,1H3,(H2,18,20,22). The van der Waals surface area contributed by atoms with Crippen LogP contribution in [0, 0.1) is 0 Å². The van der Waals surface area contributed by atoms with Gasteiger partial charge >= 0.3 is 0 Å². The number of methoxy groups -OCH3 is 1. The normalized spacial score (nSPS) is 10.5. The molecule has 0 atom stereocenters. The molecule has 3 aromatic rings. The lowest BCUT2D eigenvalue weighted by Crippen LogP contribution is -2.18. The van der Waals surface area contributed by atoms with E-state index in [1.165, 1.54) is 4.79 Å². The molecule has 0 bridgehead atoms. The molecule has 1 heterocycles. The number of benzene rings is 2. The number of ether oxygens (including phenoxy) is 2. The van der Waals surface area contributed by atoms with E-state index in [0.717, 1.165) is 11.1 Å². The second-order valence-electron chi connectivity index (χ2n) is 5.18. The fraction of sp³-hybridized carbons (Fsp3) is 0.188. The predicted molar refractivity (Wildman–Crippen MR) is 94.1 cm³/mol. The van der Waals surface area contributed by atoms with E-state index < -0.39 is 0 Å². The molecule has 3 N–H and O–H groups in total. The number of anilines is 1. The number of tetrazole rings is 1. The number of halogens is 1. The molecule has 8 nitrogen and oxygen atoms in total. The molecule has 3 rings (SSSR count). The number of rotatable bonds is 7. The summed E-state index contributed by atoms with van der Waals surface area (Å²) in [6.45, 7) is 0.898. The highest BCUT2D eigenvalue weighted by atomic mass is 35.5. The minimum Gasteiger partial charge on any atom is -0.493 e. The van der Waals surface area contributed by atoms with E-state index in [1.54, 1.807) is 7.11 Å². The van der Waals surface area contributed by atoms with Gasteiger partial charge in [0.2, 0.25) is 0 Å².